The van der Waals surface area contributed by atoms with Gasteiger partial charge in [0.25, 0.3) is 11.7 Å². The topological polar surface area (TPSA) is 94.5 Å². The molecule has 1 heterocycles. The average molecular weight is 470 g/mol. The summed E-state index contributed by atoms with van der Waals surface area (Å²) in [4.78, 5) is 27.7. The van der Waals surface area contributed by atoms with Gasteiger partial charge in [-0.2, -0.15) is 0 Å². The molecule has 0 radical (unpaired) electrons. The number of aliphatic hydroxyl groups excluding tert-OH is 1. The van der Waals surface area contributed by atoms with E-state index in [9.17, 15) is 14.7 Å². The summed E-state index contributed by atoms with van der Waals surface area (Å²) in [5.74, 6) is -0.242. The third-order valence-electron chi connectivity index (χ3n) is 5.60. The minimum atomic E-state index is -0.776. The molecule has 34 heavy (non-hydrogen) atoms. The van der Waals surface area contributed by atoms with Gasteiger partial charge in [-0.3, -0.25) is 9.59 Å². The number of amides is 1. The van der Waals surface area contributed by atoms with Gasteiger partial charge in [-0.05, 0) is 56.2 Å². The molecular weight excluding hydrogens is 438 g/mol. The molecule has 0 aromatic heterocycles. The van der Waals surface area contributed by atoms with Crippen molar-refractivity contribution in [2.75, 3.05) is 34.5 Å². The zero-order valence-corrected chi connectivity index (χ0v) is 20.2. The standard InChI is InChI=1S/C26H31NO7/c1-16(2)34-13-7-12-27-23(17-8-6-9-19(14-17)31-3)22(25(29)26(27)30)24(28)18-10-11-20(32-4)21(15-18)33-5/h6,8-11,14-16,23,28H,7,12-13H2,1-5H3/b24-22-. The number of hydrogen-bond donors (Lipinski definition) is 1. The Bertz CT molecular complexity index is 1080. The van der Waals surface area contributed by atoms with Crippen molar-refractivity contribution in [3.63, 3.8) is 0 Å². The van der Waals surface area contributed by atoms with Crippen LogP contribution < -0.4 is 14.2 Å². The van der Waals surface area contributed by atoms with E-state index < -0.39 is 17.7 Å². The first-order chi connectivity index (χ1) is 16.3. The predicted octanol–water partition coefficient (Wildman–Crippen LogP) is 3.95. The normalized spacial score (nSPS) is 17.4. The molecule has 1 atom stereocenters. The van der Waals surface area contributed by atoms with Crippen LogP contribution in [0.2, 0.25) is 0 Å². The second-order valence-electron chi connectivity index (χ2n) is 8.11. The van der Waals surface area contributed by atoms with Crippen molar-refractivity contribution in [3.05, 3.63) is 59.2 Å². The summed E-state index contributed by atoms with van der Waals surface area (Å²) < 4.78 is 21.5. The molecule has 3 rings (SSSR count). The largest absolute Gasteiger partial charge is 0.507 e. The summed E-state index contributed by atoms with van der Waals surface area (Å²) in [6.07, 6.45) is 0.608. The van der Waals surface area contributed by atoms with Gasteiger partial charge in [-0.1, -0.05) is 12.1 Å². The number of ketones is 1. The summed E-state index contributed by atoms with van der Waals surface area (Å²) in [5.41, 5.74) is 1.01. The minimum Gasteiger partial charge on any atom is -0.507 e. The van der Waals surface area contributed by atoms with E-state index in [1.54, 1.807) is 49.6 Å². The predicted molar refractivity (Wildman–Crippen MR) is 127 cm³/mol. The molecule has 0 aliphatic carbocycles. The van der Waals surface area contributed by atoms with Crippen LogP contribution in [0, 0.1) is 0 Å². The van der Waals surface area contributed by atoms with E-state index in [1.807, 2.05) is 13.8 Å². The summed E-state index contributed by atoms with van der Waals surface area (Å²) in [5, 5.41) is 11.2. The summed E-state index contributed by atoms with van der Waals surface area (Å²) >= 11 is 0. The molecular formula is C26H31NO7. The second-order valence-corrected chi connectivity index (χ2v) is 8.11. The SMILES string of the molecule is COc1cccc(C2/C(=C(/O)c3ccc(OC)c(OC)c3)C(=O)C(=O)N2CCCOC(C)C)c1. The lowest BCUT2D eigenvalue weighted by Crippen LogP contribution is -2.31. The van der Waals surface area contributed by atoms with Gasteiger partial charge in [0.1, 0.15) is 11.5 Å². The Kier molecular flexibility index (Phi) is 8.17. The maximum Gasteiger partial charge on any atom is 0.295 e. The van der Waals surface area contributed by atoms with E-state index in [2.05, 4.69) is 0 Å². The number of likely N-dealkylation sites (tertiary alicyclic amines) is 1. The molecule has 0 saturated carbocycles. The number of nitrogens with zero attached hydrogens (tertiary/aromatic N) is 1. The van der Waals surface area contributed by atoms with E-state index in [4.69, 9.17) is 18.9 Å². The van der Waals surface area contributed by atoms with Crippen molar-refractivity contribution < 1.29 is 33.6 Å². The smallest absolute Gasteiger partial charge is 0.295 e. The Morgan fingerprint density at radius 3 is 2.38 bits per heavy atom. The van der Waals surface area contributed by atoms with E-state index in [1.165, 1.54) is 19.1 Å². The number of carbonyl (C=O) groups is 2. The van der Waals surface area contributed by atoms with Crippen LogP contribution in [0.15, 0.2) is 48.0 Å². The minimum absolute atomic E-state index is 0.00949. The average Bonchev–Trinajstić information content (AvgIpc) is 3.10. The van der Waals surface area contributed by atoms with Gasteiger partial charge in [-0.15, -0.1) is 0 Å². The Labute approximate surface area is 199 Å². The van der Waals surface area contributed by atoms with Gasteiger partial charge in [0, 0.05) is 18.7 Å². The van der Waals surface area contributed by atoms with E-state index >= 15 is 0 Å². The molecule has 2 aromatic carbocycles. The number of rotatable bonds is 10. The van der Waals surface area contributed by atoms with Crippen molar-refractivity contribution >= 4 is 17.4 Å². The van der Waals surface area contributed by atoms with Gasteiger partial charge in [0.15, 0.2) is 11.5 Å². The molecule has 1 unspecified atom stereocenters. The Hall–Kier alpha value is -3.52. The molecule has 1 amide bonds. The molecule has 1 aliphatic rings. The fourth-order valence-electron chi connectivity index (χ4n) is 3.96. The van der Waals surface area contributed by atoms with Crippen LogP contribution in [0.25, 0.3) is 5.76 Å². The second kappa shape index (κ2) is 11.1. The highest BCUT2D eigenvalue weighted by molar-refractivity contribution is 6.46. The first kappa shape index (κ1) is 25.1. The van der Waals surface area contributed by atoms with Gasteiger partial charge >= 0.3 is 0 Å². The molecule has 1 aliphatic heterocycles. The number of benzene rings is 2. The van der Waals surface area contributed by atoms with E-state index in [0.717, 1.165) is 0 Å². The number of hydrogen-bond acceptors (Lipinski definition) is 7. The lowest BCUT2D eigenvalue weighted by atomic mass is 9.95. The van der Waals surface area contributed by atoms with Crippen LogP contribution in [0.3, 0.4) is 0 Å². The number of carbonyl (C=O) groups excluding carboxylic acids is 2. The number of Topliss-reactive ketones (excluding diaryl/α,β-unsaturated/α-hetero) is 1. The molecule has 2 aromatic rings. The van der Waals surface area contributed by atoms with Crippen LogP contribution in [-0.4, -0.2) is 62.3 Å². The molecule has 0 spiro atoms. The highest BCUT2D eigenvalue weighted by Gasteiger charge is 2.46. The fraction of sp³-hybridized carbons (Fsp3) is 0.385. The van der Waals surface area contributed by atoms with Gasteiger partial charge in [-0.25, -0.2) is 0 Å². The lowest BCUT2D eigenvalue weighted by Gasteiger charge is -2.26. The third-order valence-corrected chi connectivity index (χ3v) is 5.60. The van der Waals surface area contributed by atoms with Crippen LogP contribution in [0.4, 0.5) is 0 Å². The van der Waals surface area contributed by atoms with Crippen molar-refractivity contribution in [1.29, 1.82) is 0 Å². The van der Waals surface area contributed by atoms with Gasteiger partial charge < -0.3 is 29.0 Å². The molecule has 0 bridgehead atoms. The maximum absolute atomic E-state index is 13.2. The van der Waals surface area contributed by atoms with Gasteiger partial charge in [0.05, 0.1) is 39.0 Å². The van der Waals surface area contributed by atoms with Crippen molar-refractivity contribution in [3.8, 4) is 17.2 Å². The Balaban J connectivity index is 2.09. The molecule has 8 nitrogen and oxygen atoms in total. The Morgan fingerprint density at radius 1 is 1.00 bits per heavy atom. The maximum atomic E-state index is 13.2. The van der Waals surface area contributed by atoms with Crippen molar-refractivity contribution in [2.24, 2.45) is 0 Å². The monoisotopic (exact) mass is 469 g/mol. The number of methoxy groups -OCH3 is 3. The quantitative estimate of drug-likeness (QED) is 0.244. The fourth-order valence-corrected chi connectivity index (χ4v) is 3.96. The number of ether oxygens (including phenoxy) is 4. The zero-order chi connectivity index (χ0) is 24.8. The molecule has 182 valence electrons. The van der Waals surface area contributed by atoms with E-state index in [-0.39, 0.29) is 17.4 Å². The van der Waals surface area contributed by atoms with Crippen molar-refractivity contribution in [1.82, 2.24) is 4.90 Å². The number of aliphatic hydroxyl groups is 1. The molecule has 1 fully saturated rings. The van der Waals surface area contributed by atoms with Crippen LogP contribution in [0.1, 0.15) is 37.4 Å². The lowest BCUT2D eigenvalue weighted by molar-refractivity contribution is -0.140. The van der Waals surface area contributed by atoms with E-state index in [0.29, 0.717) is 47.9 Å². The molecule has 1 N–H and O–H groups in total. The summed E-state index contributed by atoms with van der Waals surface area (Å²) in [7, 11) is 4.54. The van der Waals surface area contributed by atoms with Crippen LogP contribution in [0.5, 0.6) is 17.2 Å². The van der Waals surface area contributed by atoms with Gasteiger partial charge in [0.2, 0.25) is 0 Å². The molecule has 8 heteroatoms. The summed E-state index contributed by atoms with van der Waals surface area (Å²) in [6, 6.07) is 11.2. The zero-order valence-electron chi connectivity index (χ0n) is 20.2. The molecule has 1 saturated heterocycles. The summed E-state index contributed by atoms with van der Waals surface area (Å²) in [6.45, 7) is 4.61. The van der Waals surface area contributed by atoms with Crippen molar-refractivity contribution in [2.45, 2.75) is 32.4 Å². The first-order valence-electron chi connectivity index (χ1n) is 11.1. The third kappa shape index (κ3) is 5.17. The first-order valence-corrected chi connectivity index (χ1v) is 11.1. The highest BCUT2D eigenvalue weighted by Crippen LogP contribution is 2.41. The Morgan fingerprint density at radius 2 is 1.74 bits per heavy atom. The highest BCUT2D eigenvalue weighted by atomic mass is 16.5. The van der Waals surface area contributed by atoms with Crippen LogP contribution >= 0.6 is 0 Å². The van der Waals surface area contributed by atoms with Crippen LogP contribution in [-0.2, 0) is 14.3 Å².